The average Bonchev–Trinajstić information content (AvgIpc) is 2.78. The number of aliphatic hydroxyl groups is 1. The molecular weight excluding hydrogens is 182 g/mol. The number of amides is 1. The van der Waals surface area contributed by atoms with E-state index in [2.05, 4.69) is 0 Å². The maximum atomic E-state index is 11.9. The zero-order chi connectivity index (χ0) is 9.61. The molecule has 0 aromatic carbocycles. The fourth-order valence-corrected chi connectivity index (χ4v) is 4.25. The number of hydrogen-bond donors (Lipinski definition) is 1. The maximum Gasteiger partial charge on any atom is 0.228 e. The summed E-state index contributed by atoms with van der Waals surface area (Å²) in [7, 11) is 1.82. The first-order chi connectivity index (χ1) is 6.70. The third-order valence-corrected chi connectivity index (χ3v) is 4.75. The van der Waals surface area contributed by atoms with Crippen molar-refractivity contribution in [1.29, 1.82) is 0 Å². The Bertz CT molecular complexity index is 331. The van der Waals surface area contributed by atoms with Gasteiger partial charge in [-0.2, -0.15) is 0 Å². The van der Waals surface area contributed by atoms with Gasteiger partial charge >= 0.3 is 0 Å². The molecular formula is C10H13NO3. The van der Waals surface area contributed by atoms with Crippen LogP contribution in [0, 0.1) is 23.7 Å². The van der Waals surface area contributed by atoms with Crippen LogP contribution in [0.5, 0.6) is 0 Å². The molecule has 2 saturated heterocycles. The van der Waals surface area contributed by atoms with Gasteiger partial charge in [-0.25, -0.2) is 0 Å². The van der Waals surface area contributed by atoms with Crippen molar-refractivity contribution in [3.63, 3.8) is 0 Å². The lowest BCUT2D eigenvalue weighted by Gasteiger charge is -2.28. The van der Waals surface area contributed by atoms with Gasteiger partial charge in [-0.3, -0.25) is 4.79 Å². The molecule has 1 amide bonds. The first-order valence-corrected chi connectivity index (χ1v) is 5.30. The Kier molecular flexibility index (Phi) is 1.09. The van der Waals surface area contributed by atoms with E-state index in [-0.39, 0.29) is 36.2 Å². The van der Waals surface area contributed by atoms with Crippen LogP contribution in [0.25, 0.3) is 0 Å². The monoisotopic (exact) mass is 195 g/mol. The summed E-state index contributed by atoms with van der Waals surface area (Å²) in [5, 5.41) is 9.94. The fourth-order valence-electron chi connectivity index (χ4n) is 4.25. The standard InChI is InChI=1S/C10H13NO3/c1-11-9(13)5-3-2-4-6(5)10(11)14-8(4)7(3)12/h3-8,10,12H,2H2,1H3/t3-,4-,5-,6+,7-,8+,10-/m1/s1. The van der Waals surface area contributed by atoms with E-state index in [1.807, 2.05) is 7.05 Å². The molecule has 0 radical (unpaired) electrons. The third kappa shape index (κ3) is 0.547. The maximum absolute atomic E-state index is 11.9. The van der Waals surface area contributed by atoms with E-state index in [0.29, 0.717) is 11.8 Å². The van der Waals surface area contributed by atoms with Gasteiger partial charge in [0, 0.05) is 13.0 Å². The highest BCUT2D eigenvalue weighted by molar-refractivity contribution is 5.83. The van der Waals surface area contributed by atoms with Crippen molar-refractivity contribution in [1.82, 2.24) is 4.90 Å². The number of fused-ring (bicyclic) bond motifs is 2. The molecule has 2 aliphatic heterocycles. The van der Waals surface area contributed by atoms with Gasteiger partial charge in [0.15, 0.2) is 0 Å². The van der Waals surface area contributed by atoms with Crippen molar-refractivity contribution < 1.29 is 14.6 Å². The summed E-state index contributed by atoms with van der Waals surface area (Å²) in [5.74, 6) is 1.25. The Hall–Kier alpha value is -0.610. The quantitative estimate of drug-likeness (QED) is 0.563. The number of carbonyl (C=O) groups is 1. The van der Waals surface area contributed by atoms with E-state index in [1.54, 1.807) is 4.90 Å². The first-order valence-electron chi connectivity index (χ1n) is 5.30. The molecule has 0 aromatic heterocycles. The highest BCUT2D eigenvalue weighted by Crippen LogP contribution is 2.63. The molecule has 0 unspecified atom stereocenters. The summed E-state index contributed by atoms with van der Waals surface area (Å²) >= 11 is 0. The average molecular weight is 195 g/mol. The minimum atomic E-state index is -0.385. The molecule has 4 heteroatoms. The Morgan fingerprint density at radius 1 is 1.50 bits per heavy atom. The van der Waals surface area contributed by atoms with Gasteiger partial charge in [-0.1, -0.05) is 0 Å². The molecule has 7 atom stereocenters. The molecule has 4 nitrogen and oxygen atoms in total. The lowest BCUT2D eigenvalue weighted by Crippen LogP contribution is -2.42. The molecule has 4 aliphatic rings. The van der Waals surface area contributed by atoms with E-state index in [1.165, 1.54) is 0 Å². The fraction of sp³-hybridized carbons (Fsp3) is 0.900. The summed E-state index contributed by atoms with van der Waals surface area (Å²) in [6, 6.07) is 0. The lowest BCUT2D eigenvalue weighted by atomic mass is 9.80. The molecule has 14 heavy (non-hydrogen) atoms. The van der Waals surface area contributed by atoms with E-state index >= 15 is 0 Å². The van der Waals surface area contributed by atoms with Gasteiger partial charge in [0.25, 0.3) is 0 Å². The van der Waals surface area contributed by atoms with Gasteiger partial charge in [0.1, 0.15) is 6.23 Å². The van der Waals surface area contributed by atoms with Gasteiger partial charge in [0.2, 0.25) is 5.91 Å². The van der Waals surface area contributed by atoms with Crippen LogP contribution < -0.4 is 0 Å². The van der Waals surface area contributed by atoms with E-state index in [4.69, 9.17) is 4.74 Å². The highest BCUT2D eigenvalue weighted by atomic mass is 16.5. The van der Waals surface area contributed by atoms with Crippen LogP contribution >= 0.6 is 0 Å². The number of hydrogen-bond acceptors (Lipinski definition) is 3. The third-order valence-electron chi connectivity index (χ3n) is 4.75. The normalized spacial score (nSPS) is 63.1. The minimum absolute atomic E-state index is 0.0156. The number of ether oxygens (including phenoxy) is 1. The highest BCUT2D eigenvalue weighted by Gasteiger charge is 2.71. The van der Waals surface area contributed by atoms with Crippen molar-refractivity contribution in [3.8, 4) is 0 Å². The van der Waals surface area contributed by atoms with Crippen LogP contribution in [0.1, 0.15) is 6.42 Å². The Labute approximate surface area is 81.8 Å². The molecule has 2 bridgehead atoms. The smallest absolute Gasteiger partial charge is 0.228 e. The molecule has 2 aliphatic carbocycles. The predicted molar refractivity (Wildman–Crippen MR) is 46.0 cm³/mol. The Morgan fingerprint density at radius 3 is 3.07 bits per heavy atom. The van der Waals surface area contributed by atoms with Crippen molar-refractivity contribution in [2.24, 2.45) is 23.7 Å². The summed E-state index contributed by atoms with van der Waals surface area (Å²) in [4.78, 5) is 13.6. The summed E-state index contributed by atoms with van der Waals surface area (Å²) in [6.07, 6.45) is 0.590. The molecule has 2 heterocycles. The van der Waals surface area contributed by atoms with Crippen molar-refractivity contribution >= 4 is 5.91 Å². The Balaban J connectivity index is 1.88. The van der Waals surface area contributed by atoms with Gasteiger partial charge in [0.05, 0.1) is 18.1 Å². The molecule has 0 aromatic rings. The lowest BCUT2D eigenvalue weighted by molar-refractivity contribution is -0.148. The van der Waals surface area contributed by atoms with Crippen LogP contribution in [-0.4, -0.2) is 41.4 Å². The van der Waals surface area contributed by atoms with Crippen LogP contribution in [0.3, 0.4) is 0 Å². The van der Waals surface area contributed by atoms with Crippen LogP contribution in [-0.2, 0) is 9.53 Å². The number of nitrogens with zero attached hydrogens (tertiary/aromatic N) is 1. The topological polar surface area (TPSA) is 49.8 Å². The zero-order valence-corrected chi connectivity index (χ0v) is 7.96. The first kappa shape index (κ1) is 7.65. The molecule has 76 valence electrons. The predicted octanol–water partition coefficient (Wildman–Crippen LogP) is -0.574. The van der Waals surface area contributed by atoms with E-state index in [0.717, 1.165) is 6.42 Å². The Morgan fingerprint density at radius 2 is 2.29 bits per heavy atom. The molecule has 4 fully saturated rings. The molecule has 4 rings (SSSR count). The van der Waals surface area contributed by atoms with Gasteiger partial charge < -0.3 is 14.7 Å². The number of aliphatic hydroxyl groups excluding tert-OH is 1. The largest absolute Gasteiger partial charge is 0.390 e. The van der Waals surface area contributed by atoms with Gasteiger partial charge in [-0.15, -0.1) is 0 Å². The van der Waals surface area contributed by atoms with Crippen LogP contribution in [0.4, 0.5) is 0 Å². The molecule has 2 saturated carbocycles. The van der Waals surface area contributed by atoms with Crippen molar-refractivity contribution in [2.45, 2.75) is 24.9 Å². The van der Waals surface area contributed by atoms with Crippen molar-refractivity contribution in [3.05, 3.63) is 0 Å². The summed E-state index contributed by atoms with van der Waals surface area (Å²) < 4.78 is 5.78. The second-order valence-electron chi connectivity index (χ2n) is 5.10. The van der Waals surface area contributed by atoms with Gasteiger partial charge in [-0.05, 0) is 18.3 Å². The minimum Gasteiger partial charge on any atom is -0.390 e. The van der Waals surface area contributed by atoms with E-state index < -0.39 is 0 Å². The number of likely N-dealkylation sites (tertiary alicyclic amines) is 1. The van der Waals surface area contributed by atoms with Crippen LogP contribution in [0.2, 0.25) is 0 Å². The SMILES string of the molecule is CN1C(=O)[C@@H]2[C@H]3C[C@H]4[C@H](O[C@@H]1[C@@H]42)[C@@H]3O. The van der Waals surface area contributed by atoms with Crippen LogP contribution in [0.15, 0.2) is 0 Å². The van der Waals surface area contributed by atoms with Crippen molar-refractivity contribution in [2.75, 3.05) is 7.05 Å². The second kappa shape index (κ2) is 1.99. The molecule has 1 N–H and O–H groups in total. The number of carbonyl (C=O) groups excluding carboxylic acids is 1. The second-order valence-corrected chi connectivity index (χ2v) is 5.10. The number of rotatable bonds is 0. The molecule has 0 spiro atoms. The zero-order valence-electron chi connectivity index (χ0n) is 7.96. The van der Waals surface area contributed by atoms with E-state index in [9.17, 15) is 9.90 Å². The summed E-state index contributed by atoms with van der Waals surface area (Å²) in [6.45, 7) is 0. The summed E-state index contributed by atoms with van der Waals surface area (Å²) in [5.41, 5.74) is 0.